The van der Waals surface area contributed by atoms with E-state index in [1.165, 1.54) is 25.7 Å². The van der Waals surface area contributed by atoms with Crippen molar-refractivity contribution in [2.75, 3.05) is 19.0 Å². The first-order valence-electron chi connectivity index (χ1n) is 7.75. The maximum atomic E-state index is 9.79. The van der Waals surface area contributed by atoms with Crippen molar-refractivity contribution in [2.45, 2.75) is 75.3 Å². The highest BCUT2D eigenvalue weighted by atomic mass is 32.2. The van der Waals surface area contributed by atoms with Gasteiger partial charge in [0.15, 0.2) is 0 Å². The molecule has 0 radical (unpaired) electrons. The molecule has 1 saturated carbocycles. The van der Waals surface area contributed by atoms with Crippen molar-refractivity contribution in [3.05, 3.63) is 0 Å². The minimum atomic E-state index is -0.0411. The van der Waals surface area contributed by atoms with Gasteiger partial charge in [0.2, 0.25) is 0 Å². The van der Waals surface area contributed by atoms with Gasteiger partial charge in [0.05, 0.1) is 12.7 Å². The summed E-state index contributed by atoms with van der Waals surface area (Å²) in [6.07, 6.45) is 7.66. The third-order valence-electron chi connectivity index (χ3n) is 4.24. The van der Waals surface area contributed by atoms with E-state index in [4.69, 9.17) is 4.74 Å². The van der Waals surface area contributed by atoms with E-state index in [1.807, 2.05) is 0 Å². The summed E-state index contributed by atoms with van der Waals surface area (Å²) in [5.41, 5.74) is -0.0411. The molecule has 1 saturated heterocycles. The number of aliphatic hydroxyl groups excluding tert-OH is 1. The maximum absolute atomic E-state index is 9.79. The second-order valence-electron chi connectivity index (χ2n) is 6.42. The highest BCUT2D eigenvalue weighted by Gasteiger charge is 2.36. The van der Waals surface area contributed by atoms with Crippen molar-refractivity contribution in [1.82, 2.24) is 5.32 Å². The molecule has 1 aliphatic heterocycles. The van der Waals surface area contributed by atoms with Gasteiger partial charge in [-0.15, -0.1) is 0 Å². The molecule has 3 atom stereocenters. The fraction of sp³-hybridized carbons (Fsp3) is 1.00. The summed E-state index contributed by atoms with van der Waals surface area (Å²) in [5.74, 6) is 1.13. The third kappa shape index (κ3) is 4.62. The second kappa shape index (κ2) is 7.30. The van der Waals surface area contributed by atoms with E-state index >= 15 is 0 Å². The van der Waals surface area contributed by atoms with Gasteiger partial charge in [-0.05, 0) is 32.1 Å². The molecular weight excluding hydrogens is 258 g/mol. The van der Waals surface area contributed by atoms with Crippen LogP contribution in [0.3, 0.4) is 0 Å². The monoisotopic (exact) mass is 287 g/mol. The number of hydrogen-bond acceptors (Lipinski definition) is 4. The van der Waals surface area contributed by atoms with E-state index in [9.17, 15) is 5.11 Å². The second-order valence-corrected chi connectivity index (χ2v) is 7.76. The average molecular weight is 287 g/mol. The molecule has 19 heavy (non-hydrogen) atoms. The van der Waals surface area contributed by atoms with E-state index < -0.39 is 0 Å². The Bertz CT molecular complexity index is 269. The molecular formula is C15H29NO2S. The van der Waals surface area contributed by atoms with Crippen LogP contribution in [0.1, 0.15) is 52.4 Å². The number of ether oxygens (including phenoxy) is 1. The molecule has 0 spiro atoms. The lowest BCUT2D eigenvalue weighted by atomic mass is 9.81. The molecule has 0 amide bonds. The van der Waals surface area contributed by atoms with E-state index in [2.05, 4.69) is 30.9 Å². The highest BCUT2D eigenvalue weighted by molar-refractivity contribution is 7.99. The van der Waals surface area contributed by atoms with Gasteiger partial charge in [-0.25, -0.2) is 0 Å². The Hall–Kier alpha value is 0.230. The topological polar surface area (TPSA) is 41.5 Å². The number of nitrogens with one attached hydrogen (secondary N) is 1. The van der Waals surface area contributed by atoms with Gasteiger partial charge in [-0.3, -0.25) is 0 Å². The van der Waals surface area contributed by atoms with Gasteiger partial charge in [0.1, 0.15) is 0 Å². The number of thioether (sulfide) groups is 1. The number of hydrogen-bond donors (Lipinski definition) is 2. The normalized spacial score (nSPS) is 36.0. The lowest BCUT2D eigenvalue weighted by molar-refractivity contribution is 0.114. The Morgan fingerprint density at radius 2 is 2.21 bits per heavy atom. The van der Waals surface area contributed by atoms with Crippen molar-refractivity contribution >= 4 is 11.8 Å². The SMILES string of the molecule is CC(C)NC1(CO)CCCC(SCC2CCCO2)C1. The number of rotatable bonds is 6. The predicted molar refractivity (Wildman–Crippen MR) is 81.8 cm³/mol. The smallest absolute Gasteiger partial charge is 0.0666 e. The zero-order valence-corrected chi connectivity index (χ0v) is 13.2. The first-order chi connectivity index (χ1) is 9.13. The molecule has 2 rings (SSSR count). The van der Waals surface area contributed by atoms with Crippen molar-refractivity contribution in [1.29, 1.82) is 0 Å². The van der Waals surface area contributed by atoms with E-state index in [0.29, 0.717) is 17.4 Å². The average Bonchev–Trinajstić information content (AvgIpc) is 2.89. The molecule has 2 fully saturated rings. The summed E-state index contributed by atoms with van der Waals surface area (Å²) >= 11 is 2.06. The molecule has 0 aromatic carbocycles. The van der Waals surface area contributed by atoms with Crippen LogP contribution in [-0.4, -0.2) is 47.0 Å². The Kier molecular flexibility index (Phi) is 6.00. The minimum Gasteiger partial charge on any atom is -0.394 e. The first-order valence-corrected chi connectivity index (χ1v) is 8.80. The molecule has 3 nitrogen and oxygen atoms in total. The zero-order chi connectivity index (χ0) is 13.7. The van der Waals surface area contributed by atoms with Gasteiger partial charge in [0.25, 0.3) is 0 Å². The van der Waals surface area contributed by atoms with Crippen LogP contribution in [-0.2, 0) is 4.74 Å². The van der Waals surface area contributed by atoms with Crippen molar-refractivity contribution in [3.8, 4) is 0 Å². The fourth-order valence-electron chi connectivity index (χ4n) is 3.40. The standard InChI is InChI=1S/C15H29NO2S/c1-12(2)16-15(11-17)7-3-6-14(9-15)19-10-13-5-4-8-18-13/h12-14,16-17H,3-11H2,1-2H3. The van der Waals surface area contributed by atoms with Crippen LogP contribution in [0.5, 0.6) is 0 Å². The lowest BCUT2D eigenvalue weighted by Crippen LogP contribution is -2.54. The minimum absolute atomic E-state index is 0.0411. The molecule has 0 aromatic heterocycles. The number of aliphatic hydroxyl groups is 1. The Labute approximate surface area is 121 Å². The summed E-state index contributed by atoms with van der Waals surface area (Å²) in [5, 5.41) is 14.1. The van der Waals surface area contributed by atoms with Crippen LogP contribution in [0.25, 0.3) is 0 Å². The maximum Gasteiger partial charge on any atom is 0.0666 e. The van der Waals surface area contributed by atoms with Crippen LogP contribution >= 0.6 is 11.8 Å². The van der Waals surface area contributed by atoms with Gasteiger partial charge >= 0.3 is 0 Å². The Balaban J connectivity index is 1.81. The summed E-state index contributed by atoms with van der Waals surface area (Å²) in [7, 11) is 0. The van der Waals surface area contributed by atoms with Gasteiger partial charge in [-0.1, -0.05) is 20.3 Å². The summed E-state index contributed by atoms with van der Waals surface area (Å²) in [6, 6.07) is 0.439. The van der Waals surface area contributed by atoms with Crippen LogP contribution in [0.15, 0.2) is 0 Å². The molecule has 2 aliphatic rings. The van der Waals surface area contributed by atoms with Crippen molar-refractivity contribution in [2.24, 2.45) is 0 Å². The summed E-state index contributed by atoms with van der Waals surface area (Å²) in [4.78, 5) is 0. The van der Waals surface area contributed by atoms with E-state index in [1.54, 1.807) is 0 Å². The van der Waals surface area contributed by atoms with Gasteiger partial charge < -0.3 is 15.2 Å². The molecule has 4 heteroatoms. The zero-order valence-electron chi connectivity index (χ0n) is 12.4. The molecule has 1 aliphatic carbocycles. The molecule has 112 valence electrons. The summed E-state index contributed by atoms with van der Waals surface area (Å²) in [6.45, 7) is 5.55. The fourth-order valence-corrected chi connectivity index (χ4v) is 4.92. The highest BCUT2D eigenvalue weighted by Crippen LogP contribution is 2.36. The Morgan fingerprint density at radius 3 is 2.84 bits per heavy atom. The first kappa shape index (κ1) is 15.6. The molecule has 0 aromatic rings. The van der Waals surface area contributed by atoms with E-state index in [-0.39, 0.29) is 12.1 Å². The lowest BCUT2D eigenvalue weighted by Gasteiger charge is -2.42. The van der Waals surface area contributed by atoms with Crippen molar-refractivity contribution in [3.63, 3.8) is 0 Å². The van der Waals surface area contributed by atoms with Crippen molar-refractivity contribution < 1.29 is 9.84 Å². The molecule has 0 bridgehead atoms. The van der Waals surface area contributed by atoms with Gasteiger partial charge in [-0.2, -0.15) is 11.8 Å². The molecule has 3 unspecified atom stereocenters. The quantitative estimate of drug-likeness (QED) is 0.788. The van der Waals surface area contributed by atoms with E-state index in [0.717, 1.165) is 25.2 Å². The molecule has 2 N–H and O–H groups in total. The van der Waals surface area contributed by atoms with Gasteiger partial charge in [0, 0.05) is 29.2 Å². The predicted octanol–water partition coefficient (Wildman–Crippen LogP) is 2.57. The Morgan fingerprint density at radius 1 is 1.37 bits per heavy atom. The summed E-state index contributed by atoms with van der Waals surface area (Å²) < 4.78 is 5.70. The third-order valence-corrected chi connectivity index (χ3v) is 5.68. The van der Waals surface area contributed by atoms with Crippen LogP contribution in [0, 0.1) is 0 Å². The van der Waals surface area contributed by atoms with Crippen LogP contribution in [0.2, 0.25) is 0 Å². The van der Waals surface area contributed by atoms with Crippen LogP contribution in [0.4, 0.5) is 0 Å². The van der Waals surface area contributed by atoms with Crippen LogP contribution < -0.4 is 5.32 Å². The largest absolute Gasteiger partial charge is 0.394 e. The molecule has 1 heterocycles.